The van der Waals surface area contributed by atoms with Gasteiger partial charge >= 0.3 is 0 Å². The summed E-state index contributed by atoms with van der Waals surface area (Å²) >= 11 is 0. The Kier molecular flexibility index (Phi) is 4.96. The fourth-order valence-electron chi connectivity index (χ4n) is 7.00. The van der Waals surface area contributed by atoms with E-state index >= 15 is 0 Å². The average molecular weight is 675 g/mol. The van der Waals surface area contributed by atoms with Crippen LogP contribution in [0.2, 0.25) is 0 Å². The largest absolute Gasteiger partial charge is 0.456 e. The first-order valence-electron chi connectivity index (χ1n) is 22.4. The SMILES string of the molecule is [2H]c1c([2H])c(N(c2ccc(-c3ccccc3)cc2)c2ccccc2-c2cccc3oc4cc5ccccc5cc4c23)c([2H])c([2H])c1-c1c([2H])c([2H])c([2H])c2c([2H])c([2H])c([2H])c([2H])c12. The molecule has 1 heterocycles. The molecule has 0 fully saturated rings. The molecule has 0 atom stereocenters. The molecule has 0 saturated carbocycles. The van der Waals surface area contributed by atoms with Crippen LogP contribution < -0.4 is 4.90 Å². The molecule has 52 heavy (non-hydrogen) atoms. The Bertz CT molecular complexity index is 3500. The van der Waals surface area contributed by atoms with Crippen molar-refractivity contribution in [3.63, 3.8) is 0 Å². The molecular weight excluding hydrogens is 631 g/mol. The first-order chi connectivity index (χ1) is 30.4. The highest BCUT2D eigenvalue weighted by Gasteiger charge is 2.21. The van der Waals surface area contributed by atoms with E-state index in [0.29, 0.717) is 28.1 Å². The number of nitrogens with zero attached hydrogens (tertiary/aromatic N) is 1. The summed E-state index contributed by atoms with van der Waals surface area (Å²) in [6.07, 6.45) is 0. The number of hydrogen-bond donors (Lipinski definition) is 0. The molecule has 0 amide bonds. The molecule has 2 heteroatoms. The summed E-state index contributed by atoms with van der Waals surface area (Å²) in [5, 5.41) is 3.14. The summed E-state index contributed by atoms with van der Waals surface area (Å²) in [5.41, 5.74) is 4.86. The molecule has 0 aliphatic heterocycles. The molecule has 2 nitrogen and oxygen atoms in total. The second-order valence-electron chi connectivity index (χ2n) is 12.5. The molecule has 0 saturated heterocycles. The summed E-state index contributed by atoms with van der Waals surface area (Å²) in [5.74, 6) is 0. The van der Waals surface area contributed by atoms with E-state index in [9.17, 15) is 5.48 Å². The van der Waals surface area contributed by atoms with Gasteiger partial charge in [-0.15, -0.1) is 0 Å². The van der Waals surface area contributed by atoms with Crippen molar-refractivity contribution in [1.29, 1.82) is 0 Å². The molecule has 0 aliphatic carbocycles. The van der Waals surface area contributed by atoms with Crippen LogP contribution in [-0.2, 0) is 0 Å². The number of hydrogen-bond acceptors (Lipinski definition) is 2. The summed E-state index contributed by atoms with van der Waals surface area (Å²) in [7, 11) is 0. The van der Waals surface area contributed by atoms with Crippen LogP contribution in [0.15, 0.2) is 204 Å². The van der Waals surface area contributed by atoms with Crippen LogP contribution in [0.3, 0.4) is 0 Å². The maximum Gasteiger partial charge on any atom is 0.136 e. The van der Waals surface area contributed by atoms with Crippen molar-refractivity contribution in [2.24, 2.45) is 0 Å². The van der Waals surface area contributed by atoms with E-state index in [1.165, 1.54) is 0 Å². The Morgan fingerprint density at radius 3 is 1.94 bits per heavy atom. The van der Waals surface area contributed by atoms with Crippen molar-refractivity contribution >= 4 is 60.5 Å². The van der Waals surface area contributed by atoms with Crippen molar-refractivity contribution in [3.05, 3.63) is 200 Å². The molecule has 0 unspecified atom stereocenters. The van der Waals surface area contributed by atoms with Gasteiger partial charge in [-0.2, -0.15) is 0 Å². The quantitative estimate of drug-likeness (QED) is 0.175. The van der Waals surface area contributed by atoms with Crippen LogP contribution in [-0.4, -0.2) is 0 Å². The van der Waals surface area contributed by atoms with Gasteiger partial charge in [-0.1, -0.05) is 151 Å². The van der Waals surface area contributed by atoms with Crippen LogP contribution in [0, 0.1) is 0 Å². The van der Waals surface area contributed by atoms with E-state index in [0.717, 1.165) is 38.2 Å². The molecular formula is C50H33NO. The molecule has 0 spiro atoms. The zero-order chi connectivity index (χ0) is 44.0. The lowest BCUT2D eigenvalue weighted by molar-refractivity contribution is 0.669. The Morgan fingerprint density at radius 1 is 0.404 bits per heavy atom. The molecule has 0 bridgehead atoms. The van der Waals surface area contributed by atoms with Gasteiger partial charge in [0, 0.05) is 27.7 Å². The molecule has 1 aromatic heterocycles. The minimum Gasteiger partial charge on any atom is -0.456 e. The van der Waals surface area contributed by atoms with E-state index in [1.807, 2.05) is 127 Å². The molecule has 10 rings (SSSR count). The lowest BCUT2D eigenvalue weighted by atomic mass is 9.95. The Hall–Kier alpha value is -6.90. The van der Waals surface area contributed by atoms with Gasteiger partial charge in [0.1, 0.15) is 11.2 Å². The van der Waals surface area contributed by atoms with Gasteiger partial charge in [-0.05, 0) is 97.8 Å². The minimum absolute atomic E-state index is 0.121. The second-order valence-corrected chi connectivity index (χ2v) is 12.5. The van der Waals surface area contributed by atoms with Crippen molar-refractivity contribution < 1.29 is 19.5 Å². The van der Waals surface area contributed by atoms with Crippen LogP contribution in [0.5, 0.6) is 0 Å². The van der Waals surface area contributed by atoms with Gasteiger partial charge in [-0.3, -0.25) is 0 Å². The molecule has 9 aromatic carbocycles. The third kappa shape index (κ3) is 5.12. The van der Waals surface area contributed by atoms with Crippen molar-refractivity contribution in [3.8, 4) is 33.4 Å². The standard InChI is InChI=1S/C50H33NO/c1-2-12-34(13-3-1)35-24-28-40(29-25-35)51(41-30-26-37(27-31-41)43-20-10-17-36-14-6-7-18-42(36)43)47-22-9-8-19-44(47)45-21-11-23-48-50(45)46-32-38-15-4-5-16-39(38)33-49(46)52-48/h1-33H/i6D,7D,10D,14D,17D,18D,20D,26D,27D,30D,31D. The lowest BCUT2D eigenvalue weighted by Gasteiger charge is -2.28. The molecule has 10 aromatic rings. The molecule has 0 aliphatic rings. The average Bonchev–Trinajstić information content (AvgIpc) is 3.68. The topological polar surface area (TPSA) is 16.4 Å². The number of para-hydroxylation sites is 1. The normalized spacial score (nSPS) is 14.4. The number of benzene rings is 9. The number of rotatable bonds is 6. The predicted octanol–water partition coefficient (Wildman–Crippen LogP) is 14.4. The molecule has 0 radical (unpaired) electrons. The first kappa shape index (κ1) is 20.7. The van der Waals surface area contributed by atoms with E-state index < -0.39 is 72.0 Å². The maximum absolute atomic E-state index is 9.70. The lowest BCUT2D eigenvalue weighted by Crippen LogP contribution is -2.11. The number of fused-ring (bicyclic) bond motifs is 5. The summed E-state index contributed by atoms with van der Waals surface area (Å²) in [6, 6.07) is 36.2. The monoisotopic (exact) mass is 674 g/mol. The highest BCUT2D eigenvalue weighted by Crippen LogP contribution is 2.45. The van der Waals surface area contributed by atoms with Crippen LogP contribution >= 0.6 is 0 Å². The van der Waals surface area contributed by atoms with Gasteiger partial charge < -0.3 is 9.32 Å². The maximum atomic E-state index is 9.70. The molecule has 244 valence electrons. The summed E-state index contributed by atoms with van der Waals surface area (Å²) in [4.78, 5) is 1.68. The zero-order valence-corrected chi connectivity index (χ0v) is 27.6. The number of furan rings is 1. The summed E-state index contributed by atoms with van der Waals surface area (Å²) < 4.78 is 105. The third-order valence-electron chi connectivity index (χ3n) is 9.43. The Balaban J connectivity index is 1.26. The van der Waals surface area contributed by atoms with E-state index in [4.69, 9.17) is 14.0 Å². The predicted molar refractivity (Wildman–Crippen MR) is 220 cm³/mol. The number of anilines is 3. The van der Waals surface area contributed by atoms with Crippen molar-refractivity contribution in [2.45, 2.75) is 0 Å². The second kappa shape index (κ2) is 12.5. The first-order valence-corrected chi connectivity index (χ1v) is 16.9. The van der Waals surface area contributed by atoms with Crippen molar-refractivity contribution in [1.82, 2.24) is 0 Å². The van der Waals surface area contributed by atoms with Gasteiger partial charge in [0.05, 0.1) is 20.8 Å². The van der Waals surface area contributed by atoms with Crippen LogP contribution in [0.4, 0.5) is 17.1 Å². The van der Waals surface area contributed by atoms with E-state index in [2.05, 4.69) is 6.07 Å². The third-order valence-corrected chi connectivity index (χ3v) is 9.43. The van der Waals surface area contributed by atoms with Crippen molar-refractivity contribution in [2.75, 3.05) is 4.90 Å². The van der Waals surface area contributed by atoms with Crippen LogP contribution in [0.25, 0.3) is 76.9 Å². The van der Waals surface area contributed by atoms with Gasteiger partial charge in [-0.25, -0.2) is 0 Å². The van der Waals surface area contributed by atoms with Gasteiger partial charge in [0.15, 0.2) is 0 Å². The Morgan fingerprint density at radius 2 is 1.10 bits per heavy atom. The van der Waals surface area contributed by atoms with Crippen LogP contribution in [0.1, 0.15) is 15.1 Å². The van der Waals surface area contributed by atoms with Gasteiger partial charge in [0.2, 0.25) is 0 Å². The van der Waals surface area contributed by atoms with Gasteiger partial charge in [0.25, 0.3) is 0 Å². The summed E-state index contributed by atoms with van der Waals surface area (Å²) in [6.45, 7) is 0. The highest BCUT2D eigenvalue weighted by molar-refractivity contribution is 6.16. The van der Waals surface area contributed by atoms with E-state index in [-0.39, 0.29) is 22.0 Å². The fraction of sp³-hybridized carbons (Fsp3) is 0. The van der Waals surface area contributed by atoms with E-state index in [1.54, 1.807) is 4.90 Å². The Labute approximate surface area is 317 Å². The fourth-order valence-corrected chi connectivity index (χ4v) is 7.00. The smallest absolute Gasteiger partial charge is 0.136 e. The highest BCUT2D eigenvalue weighted by atomic mass is 16.3. The minimum atomic E-state index is -0.675. The molecule has 0 N–H and O–H groups in total. The zero-order valence-electron chi connectivity index (χ0n) is 38.6.